The first-order chi connectivity index (χ1) is 20.7. The van der Waals surface area contributed by atoms with E-state index in [-0.39, 0.29) is 31.4 Å². The van der Waals surface area contributed by atoms with E-state index in [9.17, 15) is 33.6 Å². The third kappa shape index (κ3) is 20.8. The monoisotopic (exact) mass is 647 g/mol. The average molecular weight is 648 g/mol. The van der Waals surface area contributed by atoms with Crippen LogP contribution in [0.3, 0.4) is 0 Å². The van der Waals surface area contributed by atoms with E-state index in [1.165, 1.54) is 19.1 Å². The molecule has 254 valence electrons. The van der Waals surface area contributed by atoms with Gasteiger partial charge in [0.15, 0.2) is 0 Å². The number of rotatable bonds is 15. The summed E-state index contributed by atoms with van der Waals surface area (Å²) in [6.07, 6.45) is -1.34. The predicted molar refractivity (Wildman–Crippen MR) is 153 cm³/mol. The molecular weight excluding hydrogens is 606 g/mol. The minimum Gasteiger partial charge on any atom is -0.508 e. The van der Waals surface area contributed by atoms with Crippen LogP contribution in [0.2, 0.25) is 0 Å². The summed E-state index contributed by atoms with van der Waals surface area (Å²) in [5, 5.41) is 34.7. The number of esters is 3. The van der Waals surface area contributed by atoms with Crippen molar-refractivity contribution in [2.75, 3.05) is 6.61 Å². The zero-order valence-corrected chi connectivity index (χ0v) is 24.3. The van der Waals surface area contributed by atoms with E-state index in [0.29, 0.717) is 0 Å². The Hall–Kier alpha value is -4.73. The highest BCUT2D eigenvalue weighted by Crippen LogP contribution is 2.11. The van der Waals surface area contributed by atoms with Crippen LogP contribution in [0.15, 0.2) is 24.3 Å². The van der Waals surface area contributed by atoms with Crippen LogP contribution >= 0.6 is 0 Å². The lowest BCUT2D eigenvalue weighted by molar-refractivity contribution is -0.163. The molecule has 0 aliphatic rings. The molecular formula is C25H41N7O13. The minimum atomic E-state index is -1.32. The number of aliphatic hydroxyl groups is 1. The number of primary amides is 2. The second-order valence-corrected chi connectivity index (χ2v) is 9.29. The molecule has 6 atom stereocenters. The Bertz CT molecular complexity index is 1150. The van der Waals surface area contributed by atoms with Crippen LogP contribution in [0.1, 0.15) is 31.7 Å². The van der Waals surface area contributed by atoms with Gasteiger partial charge in [-0.1, -0.05) is 12.1 Å². The Kier molecular flexibility index (Phi) is 20.6. The van der Waals surface area contributed by atoms with Crippen LogP contribution in [0.25, 0.3) is 0 Å². The molecule has 45 heavy (non-hydrogen) atoms. The molecule has 0 spiro atoms. The molecule has 0 radical (unpaired) electrons. The van der Waals surface area contributed by atoms with Gasteiger partial charge in [-0.25, -0.2) is 9.59 Å². The van der Waals surface area contributed by atoms with E-state index in [1.807, 2.05) is 0 Å². The number of amides is 2. The number of nitrogens with two attached hydrogens (primary N) is 7. The maximum absolute atomic E-state index is 11.5. The Morgan fingerprint density at radius 3 is 1.64 bits per heavy atom. The van der Waals surface area contributed by atoms with Crippen LogP contribution < -0.4 is 40.1 Å². The minimum absolute atomic E-state index is 0.0225. The molecule has 0 saturated carbocycles. The van der Waals surface area contributed by atoms with Crippen LogP contribution in [-0.2, 0) is 49.5 Å². The second kappa shape index (κ2) is 21.9. The van der Waals surface area contributed by atoms with Crippen molar-refractivity contribution in [3.63, 3.8) is 0 Å². The number of carboxylic acid groups (broad SMARTS) is 2. The summed E-state index contributed by atoms with van der Waals surface area (Å²) in [6.45, 7) is 0.862. The van der Waals surface area contributed by atoms with Crippen LogP contribution in [-0.4, -0.2) is 105 Å². The first-order valence-electron chi connectivity index (χ1n) is 12.9. The molecule has 0 heterocycles. The van der Waals surface area contributed by atoms with Crippen molar-refractivity contribution in [2.24, 2.45) is 40.1 Å². The van der Waals surface area contributed by atoms with Gasteiger partial charge < -0.3 is 70.0 Å². The summed E-state index contributed by atoms with van der Waals surface area (Å²) in [5.41, 5.74) is 36.6. The smallest absolute Gasteiger partial charge is 0.333 e. The van der Waals surface area contributed by atoms with Gasteiger partial charge in [-0.2, -0.15) is 0 Å². The molecule has 0 fully saturated rings. The molecule has 0 aromatic heterocycles. The molecule has 20 heteroatoms. The summed E-state index contributed by atoms with van der Waals surface area (Å²) in [5.74, 6) is -6.46. The first kappa shape index (κ1) is 42.4. The summed E-state index contributed by atoms with van der Waals surface area (Å²) < 4.78 is 9.03. The number of aliphatic carboxylic acids is 2. The highest BCUT2D eigenvalue weighted by atomic mass is 16.6. The van der Waals surface area contributed by atoms with E-state index >= 15 is 0 Å². The SMILES string of the molecule is C[C@@H](O)[C@H](N)C(=O)OC(=O)[C@@H](N)CCC(N)=O.NC(=O)C[C@H](N)C(=O)O.N[C@@H](COC(=O)[C@@H](N)Cc1ccc(O)cc1)C(=O)O. The number of phenols is 1. The Labute approximate surface area is 256 Å². The quantitative estimate of drug-likeness (QED) is 0.0625. The maximum Gasteiger partial charge on any atom is 0.333 e. The summed E-state index contributed by atoms with van der Waals surface area (Å²) >= 11 is 0. The van der Waals surface area contributed by atoms with Crippen molar-refractivity contribution >= 4 is 41.7 Å². The van der Waals surface area contributed by atoms with E-state index in [0.717, 1.165) is 5.56 Å². The first-order valence-corrected chi connectivity index (χ1v) is 12.9. The number of carbonyl (C=O) groups is 7. The van der Waals surface area contributed by atoms with Gasteiger partial charge in [-0.15, -0.1) is 0 Å². The summed E-state index contributed by atoms with van der Waals surface area (Å²) in [6, 6.07) is 0.436. The molecule has 1 aromatic carbocycles. The number of carboxylic acids is 2. The highest BCUT2D eigenvalue weighted by Gasteiger charge is 2.26. The number of carbonyl (C=O) groups excluding carboxylic acids is 5. The Morgan fingerprint density at radius 2 is 1.24 bits per heavy atom. The van der Waals surface area contributed by atoms with Gasteiger partial charge in [0.2, 0.25) is 11.8 Å². The number of aromatic hydroxyl groups is 1. The lowest BCUT2D eigenvalue weighted by Gasteiger charge is -2.14. The Balaban J connectivity index is 0. The molecule has 1 aromatic rings. The topological polar surface area (TPSA) is 401 Å². The average Bonchev–Trinajstić information content (AvgIpc) is 2.94. The van der Waals surface area contributed by atoms with Crippen molar-refractivity contribution in [3.05, 3.63) is 29.8 Å². The normalized spacial score (nSPS) is 14.2. The van der Waals surface area contributed by atoms with Gasteiger partial charge >= 0.3 is 29.8 Å². The zero-order valence-electron chi connectivity index (χ0n) is 24.3. The second-order valence-electron chi connectivity index (χ2n) is 9.29. The molecule has 18 N–H and O–H groups in total. The number of hydrogen-bond donors (Lipinski definition) is 11. The standard InChI is InChI=1S/C12H16N2O5.C9H17N3O5.C4H8N2O3/c13-9(5-7-1-3-8(15)4-2-7)12(18)19-6-10(14)11(16)17;1-4(13)7(12)9(16)17-8(15)5(10)2-3-6(11)14;5-2(4(8)9)1-3(6)7/h1-4,9-10,15H,5-6,13-14H2,(H,16,17);4-5,7,13H,2-3,10,12H2,1H3,(H2,11,14);2H,1,5H2,(H2,6,7)(H,8,9)/t9-,10-;4-,5+,7+;2-/m010/s1. The molecule has 0 bridgehead atoms. The number of aliphatic hydroxyl groups excluding tert-OH is 1. The van der Waals surface area contributed by atoms with Crippen LogP contribution in [0, 0.1) is 0 Å². The summed E-state index contributed by atoms with van der Waals surface area (Å²) in [7, 11) is 0. The number of ether oxygens (including phenoxy) is 2. The van der Waals surface area contributed by atoms with E-state index in [1.54, 1.807) is 12.1 Å². The van der Waals surface area contributed by atoms with Gasteiger partial charge in [-0.05, 0) is 37.5 Å². The van der Waals surface area contributed by atoms with Crippen molar-refractivity contribution in [1.29, 1.82) is 0 Å². The zero-order chi connectivity index (χ0) is 35.4. The lowest BCUT2D eigenvalue weighted by Crippen LogP contribution is -2.44. The van der Waals surface area contributed by atoms with Crippen LogP contribution in [0.5, 0.6) is 5.75 Å². The van der Waals surface area contributed by atoms with Gasteiger partial charge in [-0.3, -0.25) is 24.0 Å². The highest BCUT2D eigenvalue weighted by molar-refractivity contribution is 5.91. The van der Waals surface area contributed by atoms with E-state index in [2.05, 4.69) is 10.5 Å². The van der Waals surface area contributed by atoms with Crippen molar-refractivity contribution in [1.82, 2.24) is 0 Å². The summed E-state index contributed by atoms with van der Waals surface area (Å²) in [4.78, 5) is 74.7. The number of phenolic OH excluding ortho intramolecular Hbond substituents is 1. The van der Waals surface area contributed by atoms with Crippen molar-refractivity contribution in [3.8, 4) is 5.75 Å². The van der Waals surface area contributed by atoms with Crippen molar-refractivity contribution in [2.45, 2.75) is 68.9 Å². The maximum atomic E-state index is 11.5. The van der Waals surface area contributed by atoms with Crippen molar-refractivity contribution < 1.29 is 63.5 Å². The molecule has 0 aliphatic heterocycles. The molecule has 2 amide bonds. The molecule has 0 saturated heterocycles. The van der Waals surface area contributed by atoms with Crippen LogP contribution in [0.4, 0.5) is 0 Å². The fourth-order valence-electron chi connectivity index (χ4n) is 2.48. The third-order valence-corrected chi connectivity index (χ3v) is 5.15. The van der Waals surface area contributed by atoms with E-state index in [4.69, 9.17) is 59.6 Å². The molecule has 20 nitrogen and oxygen atoms in total. The fourth-order valence-corrected chi connectivity index (χ4v) is 2.48. The predicted octanol–water partition coefficient (Wildman–Crippen LogP) is -5.15. The van der Waals surface area contributed by atoms with E-state index < -0.39 is 84.6 Å². The van der Waals surface area contributed by atoms with Gasteiger partial charge in [0.1, 0.15) is 42.6 Å². The fraction of sp³-hybridized carbons (Fsp3) is 0.480. The third-order valence-electron chi connectivity index (χ3n) is 5.15. The Morgan fingerprint density at radius 1 is 0.733 bits per heavy atom. The largest absolute Gasteiger partial charge is 0.508 e. The van der Waals surface area contributed by atoms with Gasteiger partial charge in [0, 0.05) is 6.42 Å². The molecule has 0 aliphatic carbocycles. The number of benzene rings is 1. The molecule has 1 rings (SSSR count). The molecule has 0 unspecified atom stereocenters. The lowest BCUT2D eigenvalue weighted by atomic mass is 10.1. The van der Waals surface area contributed by atoms with Gasteiger partial charge in [0.05, 0.1) is 12.5 Å². The number of hydrogen-bond acceptors (Lipinski definition) is 16. The van der Waals surface area contributed by atoms with Gasteiger partial charge in [0.25, 0.3) is 0 Å².